The molecule has 0 aromatic carbocycles. The molecule has 1 amide bonds. The van der Waals surface area contributed by atoms with Gasteiger partial charge in [-0.15, -0.1) is 0 Å². The molecular weight excluding hydrogens is 308 g/mol. The molecule has 5 nitrogen and oxygen atoms in total. The maximum atomic E-state index is 11.9. The van der Waals surface area contributed by atoms with Gasteiger partial charge in [0.1, 0.15) is 22.3 Å². The molecule has 2 fully saturated rings. The largest absolute Gasteiger partial charge is 0.358 e. The van der Waals surface area contributed by atoms with Crippen molar-refractivity contribution in [1.29, 1.82) is 0 Å². The predicted octanol–water partition coefficient (Wildman–Crippen LogP) is 2.20. The van der Waals surface area contributed by atoms with Crippen LogP contribution in [0.2, 0.25) is 0 Å². The molecule has 6 heteroatoms. The number of amides is 1. The van der Waals surface area contributed by atoms with Gasteiger partial charge in [-0.25, -0.2) is 9.97 Å². The number of carbonyl (C=O) groups is 1. The van der Waals surface area contributed by atoms with E-state index in [0.29, 0.717) is 17.8 Å². The maximum absolute atomic E-state index is 11.9. The first-order valence-corrected chi connectivity index (χ1v) is 7.52. The molecule has 102 valence electrons. The van der Waals surface area contributed by atoms with E-state index in [2.05, 4.69) is 36.5 Å². The van der Waals surface area contributed by atoms with E-state index >= 15 is 0 Å². The minimum absolute atomic E-state index is 0.0326. The van der Waals surface area contributed by atoms with Gasteiger partial charge in [-0.3, -0.25) is 4.79 Å². The SMILES string of the molecule is CC(Nc1cc(Br)nc(C2CC2)n1)C(=O)NC1CC1. The van der Waals surface area contributed by atoms with Gasteiger partial charge in [0.25, 0.3) is 0 Å². The quantitative estimate of drug-likeness (QED) is 0.815. The van der Waals surface area contributed by atoms with Gasteiger partial charge in [-0.05, 0) is 48.5 Å². The summed E-state index contributed by atoms with van der Waals surface area (Å²) in [6.07, 6.45) is 4.52. The topological polar surface area (TPSA) is 66.9 Å². The Kier molecular flexibility index (Phi) is 3.43. The summed E-state index contributed by atoms with van der Waals surface area (Å²) in [4.78, 5) is 20.7. The van der Waals surface area contributed by atoms with Crippen molar-refractivity contribution in [1.82, 2.24) is 15.3 Å². The van der Waals surface area contributed by atoms with Crippen LogP contribution < -0.4 is 10.6 Å². The molecule has 1 heterocycles. The highest BCUT2D eigenvalue weighted by molar-refractivity contribution is 9.10. The average Bonchev–Trinajstić information content (AvgIpc) is 3.22. The van der Waals surface area contributed by atoms with E-state index in [1.807, 2.05) is 13.0 Å². The number of aromatic nitrogens is 2. The lowest BCUT2D eigenvalue weighted by molar-refractivity contribution is -0.121. The van der Waals surface area contributed by atoms with Crippen LogP contribution in [0.4, 0.5) is 5.82 Å². The van der Waals surface area contributed by atoms with Crippen LogP contribution in [0.15, 0.2) is 10.7 Å². The number of nitrogens with one attached hydrogen (secondary N) is 2. The second kappa shape index (κ2) is 5.07. The van der Waals surface area contributed by atoms with Crippen LogP contribution in [0.25, 0.3) is 0 Å². The molecule has 0 bridgehead atoms. The summed E-state index contributed by atoms with van der Waals surface area (Å²) in [5.41, 5.74) is 0. The predicted molar refractivity (Wildman–Crippen MR) is 76.0 cm³/mol. The zero-order chi connectivity index (χ0) is 13.4. The standard InChI is InChI=1S/C13H17BrN4O/c1-7(13(19)16-9-4-5-9)15-11-6-10(14)17-12(18-11)8-2-3-8/h6-9H,2-5H2,1H3,(H,16,19)(H,15,17,18). The third-order valence-corrected chi connectivity index (χ3v) is 3.74. The summed E-state index contributed by atoms with van der Waals surface area (Å²) >= 11 is 3.39. The zero-order valence-corrected chi connectivity index (χ0v) is 12.4. The number of nitrogens with zero attached hydrogens (tertiary/aromatic N) is 2. The number of carbonyl (C=O) groups excluding carboxylic acids is 1. The summed E-state index contributed by atoms with van der Waals surface area (Å²) in [6, 6.07) is 1.91. The van der Waals surface area contributed by atoms with Gasteiger partial charge in [0.15, 0.2) is 0 Å². The van der Waals surface area contributed by atoms with Crippen molar-refractivity contribution in [3.63, 3.8) is 0 Å². The van der Waals surface area contributed by atoms with Gasteiger partial charge in [-0.1, -0.05) is 0 Å². The summed E-state index contributed by atoms with van der Waals surface area (Å²) in [5.74, 6) is 2.10. The number of anilines is 1. The van der Waals surface area contributed by atoms with Crippen molar-refractivity contribution in [2.45, 2.75) is 50.6 Å². The number of rotatable bonds is 5. The molecule has 0 aliphatic heterocycles. The Balaban J connectivity index is 1.65. The smallest absolute Gasteiger partial charge is 0.242 e. The van der Waals surface area contributed by atoms with Gasteiger partial charge in [0, 0.05) is 18.0 Å². The van der Waals surface area contributed by atoms with Crippen molar-refractivity contribution in [3.05, 3.63) is 16.5 Å². The summed E-state index contributed by atoms with van der Waals surface area (Å²) in [7, 11) is 0. The van der Waals surface area contributed by atoms with Crippen LogP contribution in [0.3, 0.4) is 0 Å². The minimum atomic E-state index is -0.283. The molecule has 1 atom stereocenters. The van der Waals surface area contributed by atoms with Crippen molar-refractivity contribution in [2.75, 3.05) is 5.32 Å². The Morgan fingerprint density at radius 1 is 1.37 bits per heavy atom. The van der Waals surface area contributed by atoms with Crippen molar-refractivity contribution in [3.8, 4) is 0 Å². The summed E-state index contributed by atoms with van der Waals surface area (Å²) in [6.45, 7) is 1.85. The summed E-state index contributed by atoms with van der Waals surface area (Å²) < 4.78 is 0.765. The van der Waals surface area contributed by atoms with Crippen LogP contribution >= 0.6 is 15.9 Å². The molecule has 0 radical (unpaired) electrons. The average molecular weight is 325 g/mol. The second-order valence-electron chi connectivity index (χ2n) is 5.36. The number of halogens is 1. The van der Waals surface area contributed by atoms with E-state index < -0.39 is 0 Å². The van der Waals surface area contributed by atoms with Gasteiger partial charge in [0.2, 0.25) is 5.91 Å². The molecular formula is C13H17BrN4O. The molecule has 19 heavy (non-hydrogen) atoms. The highest BCUT2D eigenvalue weighted by atomic mass is 79.9. The van der Waals surface area contributed by atoms with E-state index in [-0.39, 0.29) is 11.9 Å². The molecule has 2 aliphatic carbocycles. The van der Waals surface area contributed by atoms with Gasteiger partial charge in [-0.2, -0.15) is 0 Å². The summed E-state index contributed by atoms with van der Waals surface area (Å²) in [5, 5.41) is 6.13. The lowest BCUT2D eigenvalue weighted by Gasteiger charge is -2.15. The Morgan fingerprint density at radius 2 is 2.11 bits per heavy atom. The van der Waals surface area contributed by atoms with Crippen LogP contribution in [0.1, 0.15) is 44.3 Å². The van der Waals surface area contributed by atoms with E-state index in [1.165, 1.54) is 0 Å². The maximum Gasteiger partial charge on any atom is 0.242 e. The fraction of sp³-hybridized carbons (Fsp3) is 0.615. The lowest BCUT2D eigenvalue weighted by Crippen LogP contribution is -2.38. The normalized spacial score (nSPS) is 19.9. The van der Waals surface area contributed by atoms with E-state index in [4.69, 9.17) is 0 Å². The monoisotopic (exact) mass is 324 g/mol. The third-order valence-electron chi connectivity index (χ3n) is 3.34. The molecule has 2 N–H and O–H groups in total. The Bertz CT molecular complexity index is 499. The fourth-order valence-electron chi connectivity index (χ4n) is 1.87. The van der Waals surface area contributed by atoms with Crippen LogP contribution in [-0.4, -0.2) is 28.0 Å². The first kappa shape index (κ1) is 12.8. The lowest BCUT2D eigenvalue weighted by atomic mass is 10.3. The second-order valence-corrected chi connectivity index (χ2v) is 6.17. The van der Waals surface area contributed by atoms with Crippen molar-refractivity contribution >= 4 is 27.7 Å². The molecule has 1 unspecified atom stereocenters. The van der Waals surface area contributed by atoms with E-state index in [9.17, 15) is 4.79 Å². The first-order chi connectivity index (χ1) is 9.11. The molecule has 2 aliphatic rings. The molecule has 0 saturated heterocycles. The number of hydrogen-bond donors (Lipinski definition) is 2. The van der Waals surface area contributed by atoms with Crippen molar-refractivity contribution in [2.24, 2.45) is 0 Å². The van der Waals surface area contributed by atoms with Gasteiger partial charge < -0.3 is 10.6 Å². The molecule has 2 saturated carbocycles. The van der Waals surface area contributed by atoms with Crippen molar-refractivity contribution < 1.29 is 4.79 Å². The van der Waals surface area contributed by atoms with Crippen LogP contribution in [0.5, 0.6) is 0 Å². The van der Waals surface area contributed by atoms with E-state index in [0.717, 1.165) is 36.1 Å². The first-order valence-electron chi connectivity index (χ1n) is 6.73. The molecule has 1 aromatic rings. The molecule has 1 aromatic heterocycles. The highest BCUT2D eigenvalue weighted by Crippen LogP contribution is 2.38. The third kappa shape index (κ3) is 3.43. The van der Waals surface area contributed by atoms with Crippen LogP contribution in [-0.2, 0) is 4.79 Å². The Hall–Kier alpha value is -1.17. The zero-order valence-electron chi connectivity index (χ0n) is 10.8. The van der Waals surface area contributed by atoms with E-state index in [1.54, 1.807) is 0 Å². The Labute approximate surface area is 120 Å². The fourth-order valence-corrected chi connectivity index (χ4v) is 2.27. The van der Waals surface area contributed by atoms with Crippen LogP contribution in [0, 0.1) is 0 Å². The van der Waals surface area contributed by atoms with Gasteiger partial charge >= 0.3 is 0 Å². The minimum Gasteiger partial charge on any atom is -0.358 e. The van der Waals surface area contributed by atoms with Gasteiger partial charge in [0.05, 0.1) is 0 Å². The number of hydrogen-bond acceptors (Lipinski definition) is 4. The molecule has 0 spiro atoms. The Morgan fingerprint density at radius 3 is 2.74 bits per heavy atom. The molecule has 3 rings (SSSR count). The highest BCUT2D eigenvalue weighted by Gasteiger charge is 2.28.